The molecule has 126 valence electrons. The third-order valence-electron chi connectivity index (χ3n) is 5.20. The van der Waals surface area contributed by atoms with Gasteiger partial charge in [-0.3, -0.25) is 0 Å². The highest BCUT2D eigenvalue weighted by Crippen LogP contribution is 2.32. The first kappa shape index (κ1) is 16.0. The quantitative estimate of drug-likeness (QED) is 0.416. The van der Waals surface area contributed by atoms with E-state index >= 15 is 0 Å². The molecule has 25 heavy (non-hydrogen) atoms. The van der Waals surface area contributed by atoms with Crippen LogP contribution in [0.2, 0.25) is 0 Å². The molecule has 0 bridgehead atoms. The van der Waals surface area contributed by atoms with E-state index in [1.54, 1.807) is 0 Å². The van der Waals surface area contributed by atoms with Crippen molar-refractivity contribution in [2.45, 2.75) is 40.2 Å². The largest absolute Gasteiger partial charge is 0.341 e. The zero-order valence-electron chi connectivity index (χ0n) is 15.3. The van der Waals surface area contributed by atoms with Crippen LogP contribution in [0.5, 0.6) is 0 Å². The van der Waals surface area contributed by atoms with Crippen molar-refractivity contribution < 1.29 is 0 Å². The van der Waals surface area contributed by atoms with Crippen LogP contribution in [0.1, 0.15) is 36.1 Å². The molecule has 0 saturated carbocycles. The summed E-state index contributed by atoms with van der Waals surface area (Å²) >= 11 is 0. The summed E-state index contributed by atoms with van der Waals surface area (Å²) in [6, 6.07) is 22.6. The SMILES string of the molecule is CCc1cc(C)cc(Cc2cccc3c2c2ccccc2n3CC)c1. The van der Waals surface area contributed by atoms with E-state index in [1.807, 2.05) is 0 Å². The Hall–Kier alpha value is -2.54. The van der Waals surface area contributed by atoms with Gasteiger partial charge in [-0.25, -0.2) is 0 Å². The molecule has 0 atom stereocenters. The summed E-state index contributed by atoms with van der Waals surface area (Å²) in [6.07, 6.45) is 2.08. The Labute approximate surface area is 149 Å². The second-order valence-electron chi connectivity index (χ2n) is 6.93. The zero-order chi connectivity index (χ0) is 17.4. The fourth-order valence-electron chi connectivity index (χ4n) is 4.13. The van der Waals surface area contributed by atoms with Gasteiger partial charge in [-0.1, -0.05) is 61.0 Å². The molecule has 3 aromatic carbocycles. The number of fused-ring (bicyclic) bond motifs is 3. The molecule has 0 saturated heterocycles. The minimum Gasteiger partial charge on any atom is -0.341 e. The highest BCUT2D eigenvalue weighted by Gasteiger charge is 2.13. The molecule has 0 unspecified atom stereocenters. The summed E-state index contributed by atoms with van der Waals surface area (Å²) in [5.74, 6) is 0. The first-order chi connectivity index (χ1) is 12.2. The Bertz CT molecular complexity index is 1050. The van der Waals surface area contributed by atoms with Gasteiger partial charge >= 0.3 is 0 Å². The minimum absolute atomic E-state index is 0.990. The highest BCUT2D eigenvalue weighted by molar-refractivity contribution is 6.09. The molecule has 0 N–H and O–H groups in total. The van der Waals surface area contributed by atoms with Gasteiger partial charge in [0, 0.05) is 28.4 Å². The maximum absolute atomic E-state index is 2.43. The molecular formula is C24H25N. The Balaban J connectivity index is 1.92. The summed E-state index contributed by atoms with van der Waals surface area (Å²) in [5, 5.41) is 2.79. The molecule has 1 aromatic heterocycles. The van der Waals surface area contributed by atoms with Crippen LogP contribution >= 0.6 is 0 Å². The molecule has 4 aromatic rings. The van der Waals surface area contributed by atoms with Gasteiger partial charge in [-0.2, -0.15) is 0 Å². The molecule has 0 radical (unpaired) electrons. The average molecular weight is 327 g/mol. The first-order valence-corrected chi connectivity index (χ1v) is 9.29. The van der Waals surface area contributed by atoms with Gasteiger partial charge in [-0.05, 0) is 55.5 Å². The lowest BCUT2D eigenvalue weighted by Crippen LogP contribution is -1.95. The Morgan fingerprint density at radius 3 is 2.36 bits per heavy atom. The second kappa shape index (κ2) is 6.40. The maximum atomic E-state index is 2.43. The van der Waals surface area contributed by atoms with Crippen molar-refractivity contribution in [3.63, 3.8) is 0 Å². The van der Waals surface area contributed by atoms with Crippen molar-refractivity contribution >= 4 is 21.8 Å². The number of hydrogen-bond acceptors (Lipinski definition) is 0. The monoisotopic (exact) mass is 327 g/mol. The van der Waals surface area contributed by atoms with Crippen LogP contribution in [0.3, 0.4) is 0 Å². The Morgan fingerprint density at radius 1 is 0.800 bits per heavy atom. The zero-order valence-corrected chi connectivity index (χ0v) is 15.3. The number of aryl methyl sites for hydroxylation is 3. The smallest absolute Gasteiger partial charge is 0.0494 e. The van der Waals surface area contributed by atoms with Crippen LogP contribution in [0.15, 0.2) is 60.7 Å². The van der Waals surface area contributed by atoms with Crippen molar-refractivity contribution in [1.29, 1.82) is 0 Å². The fraction of sp³-hybridized carbons (Fsp3) is 0.250. The van der Waals surface area contributed by atoms with Gasteiger partial charge in [-0.15, -0.1) is 0 Å². The minimum atomic E-state index is 0.990. The lowest BCUT2D eigenvalue weighted by molar-refractivity contribution is 0.827. The average Bonchev–Trinajstić information content (AvgIpc) is 2.95. The van der Waals surface area contributed by atoms with Gasteiger partial charge in [0.25, 0.3) is 0 Å². The molecule has 1 heteroatoms. The van der Waals surface area contributed by atoms with E-state index in [-0.39, 0.29) is 0 Å². The van der Waals surface area contributed by atoms with E-state index in [2.05, 4.69) is 86.0 Å². The number of aromatic nitrogens is 1. The predicted molar refractivity (Wildman–Crippen MR) is 108 cm³/mol. The molecule has 0 aliphatic carbocycles. The van der Waals surface area contributed by atoms with Gasteiger partial charge in [0.15, 0.2) is 0 Å². The summed E-state index contributed by atoms with van der Waals surface area (Å²) in [5.41, 5.74) is 8.32. The van der Waals surface area contributed by atoms with Gasteiger partial charge in [0.05, 0.1) is 0 Å². The normalized spacial score (nSPS) is 11.5. The van der Waals surface area contributed by atoms with Crippen molar-refractivity contribution in [3.8, 4) is 0 Å². The van der Waals surface area contributed by atoms with Crippen molar-refractivity contribution in [1.82, 2.24) is 4.57 Å². The third-order valence-corrected chi connectivity index (χ3v) is 5.20. The number of rotatable bonds is 4. The van der Waals surface area contributed by atoms with E-state index in [1.165, 1.54) is 44.1 Å². The van der Waals surface area contributed by atoms with E-state index in [0.717, 1.165) is 19.4 Å². The molecule has 0 fully saturated rings. The first-order valence-electron chi connectivity index (χ1n) is 9.29. The number of hydrogen-bond donors (Lipinski definition) is 0. The Morgan fingerprint density at radius 2 is 1.56 bits per heavy atom. The summed E-state index contributed by atoms with van der Waals surface area (Å²) in [7, 11) is 0. The highest BCUT2D eigenvalue weighted by atomic mass is 15.0. The number of benzene rings is 3. The van der Waals surface area contributed by atoms with Crippen molar-refractivity contribution in [2.24, 2.45) is 0 Å². The number of nitrogens with zero attached hydrogens (tertiary/aromatic N) is 1. The molecule has 0 amide bonds. The van der Waals surface area contributed by atoms with Crippen LogP contribution in [0.4, 0.5) is 0 Å². The van der Waals surface area contributed by atoms with Crippen LogP contribution < -0.4 is 0 Å². The van der Waals surface area contributed by atoms with E-state index in [9.17, 15) is 0 Å². The molecule has 1 nitrogen and oxygen atoms in total. The molecule has 0 aliphatic rings. The van der Waals surface area contributed by atoms with Crippen molar-refractivity contribution in [3.05, 3.63) is 82.9 Å². The third kappa shape index (κ3) is 2.74. The number of para-hydroxylation sites is 1. The van der Waals surface area contributed by atoms with E-state index < -0.39 is 0 Å². The van der Waals surface area contributed by atoms with Gasteiger partial charge < -0.3 is 4.57 Å². The van der Waals surface area contributed by atoms with E-state index in [0.29, 0.717) is 0 Å². The van der Waals surface area contributed by atoms with E-state index in [4.69, 9.17) is 0 Å². The Kier molecular flexibility index (Phi) is 4.09. The van der Waals surface area contributed by atoms with Gasteiger partial charge in [0.1, 0.15) is 0 Å². The molecular weight excluding hydrogens is 302 g/mol. The second-order valence-corrected chi connectivity index (χ2v) is 6.93. The topological polar surface area (TPSA) is 4.93 Å². The van der Waals surface area contributed by atoms with Crippen LogP contribution in [0, 0.1) is 6.92 Å². The van der Waals surface area contributed by atoms with Crippen LogP contribution in [0.25, 0.3) is 21.8 Å². The molecule has 1 heterocycles. The fourth-order valence-corrected chi connectivity index (χ4v) is 4.13. The summed E-state index contributed by atoms with van der Waals surface area (Å²) in [4.78, 5) is 0. The summed E-state index contributed by atoms with van der Waals surface area (Å²) in [6.45, 7) is 7.66. The molecule has 0 spiro atoms. The standard InChI is InChI=1S/C24H25N/c1-4-18-13-17(3)14-19(15-18)16-20-9-8-12-23-24(20)21-10-6-7-11-22(21)25(23)5-2/h6-15H,4-5,16H2,1-3H3. The van der Waals surface area contributed by atoms with Gasteiger partial charge in [0.2, 0.25) is 0 Å². The maximum Gasteiger partial charge on any atom is 0.0494 e. The van der Waals surface area contributed by atoms with Crippen LogP contribution in [-0.4, -0.2) is 4.57 Å². The molecule has 0 aliphatic heterocycles. The lowest BCUT2D eigenvalue weighted by atomic mass is 9.96. The summed E-state index contributed by atoms with van der Waals surface area (Å²) < 4.78 is 2.43. The van der Waals surface area contributed by atoms with Crippen molar-refractivity contribution in [2.75, 3.05) is 0 Å². The predicted octanol–water partition coefficient (Wildman–Crippen LogP) is 6.28. The lowest BCUT2D eigenvalue weighted by Gasteiger charge is -2.09. The molecule has 4 rings (SSSR count). The van der Waals surface area contributed by atoms with Crippen LogP contribution in [-0.2, 0) is 19.4 Å².